The van der Waals surface area contributed by atoms with Crippen LogP contribution in [0.25, 0.3) is 11.4 Å². The van der Waals surface area contributed by atoms with Crippen LogP contribution in [0.5, 0.6) is 0 Å². The summed E-state index contributed by atoms with van der Waals surface area (Å²) in [5, 5.41) is 4.77. The van der Waals surface area contributed by atoms with Gasteiger partial charge < -0.3 is 22.5 Å². The SMILES string of the molecule is Cl.Cl.NC(=O)NCc1ccnc(-c2csc(N=C(N)N)n2)c1. The predicted octanol–water partition coefficient (Wildman–Crippen LogP) is 1.12. The van der Waals surface area contributed by atoms with Crippen molar-refractivity contribution in [2.75, 3.05) is 0 Å². The normalized spacial score (nSPS) is 9.09. The van der Waals surface area contributed by atoms with E-state index in [0.29, 0.717) is 23.1 Å². The number of nitrogens with two attached hydrogens (primary N) is 3. The van der Waals surface area contributed by atoms with Gasteiger partial charge in [0, 0.05) is 18.1 Å². The van der Waals surface area contributed by atoms with Crippen molar-refractivity contribution in [3.05, 3.63) is 29.3 Å². The van der Waals surface area contributed by atoms with Gasteiger partial charge in [0.05, 0.1) is 5.69 Å². The zero-order valence-corrected chi connectivity index (χ0v) is 13.7. The summed E-state index contributed by atoms with van der Waals surface area (Å²) in [6.07, 6.45) is 1.63. The minimum absolute atomic E-state index is 0. The molecule has 2 amide bonds. The van der Waals surface area contributed by atoms with Gasteiger partial charge >= 0.3 is 6.03 Å². The van der Waals surface area contributed by atoms with Gasteiger partial charge in [-0.3, -0.25) is 4.98 Å². The van der Waals surface area contributed by atoms with Crippen LogP contribution in [-0.2, 0) is 6.54 Å². The second kappa shape index (κ2) is 9.03. The molecule has 11 heteroatoms. The Kier molecular flexibility index (Phi) is 8.17. The standard InChI is InChI=1S/C11H13N7OS.2ClH/c12-9(13)18-11-17-8(5-20-11)7-3-6(1-2-15-7)4-16-10(14)19;;/h1-3,5H,4H2,(H3,14,16,19)(H4,12,13,17,18);2*1H. The third-order valence-electron chi connectivity index (χ3n) is 2.27. The average molecular weight is 364 g/mol. The molecule has 0 saturated carbocycles. The maximum atomic E-state index is 10.7. The predicted molar refractivity (Wildman–Crippen MR) is 91.7 cm³/mol. The maximum absolute atomic E-state index is 10.7. The van der Waals surface area contributed by atoms with E-state index in [1.807, 2.05) is 6.07 Å². The summed E-state index contributed by atoms with van der Waals surface area (Å²) in [7, 11) is 0. The lowest BCUT2D eigenvalue weighted by molar-refractivity contribution is 0.248. The van der Waals surface area contributed by atoms with Crippen molar-refractivity contribution >= 4 is 53.3 Å². The van der Waals surface area contributed by atoms with Gasteiger partial charge in [-0.1, -0.05) is 0 Å². The Labute approximate surface area is 143 Å². The minimum atomic E-state index is -0.577. The highest BCUT2D eigenvalue weighted by molar-refractivity contribution is 7.13. The van der Waals surface area contributed by atoms with Gasteiger partial charge in [-0.25, -0.2) is 9.78 Å². The van der Waals surface area contributed by atoms with Gasteiger partial charge in [-0.2, -0.15) is 4.99 Å². The summed E-state index contributed by atoms with van der Waals surface area (Å²) in [5.74, 6) is -0.0433. The van der Waals surface area contributed by atoms with Crippen molar-refractivity contribution in [3.8, 4) is 11.4 Å². The van der Waals surface area contributed by atoms with Crippen molar-refractivity contribution in [2.24, 2.45) is 22.2 Å². The van der Waals surface area contributed by atoms with Crippen molar-refractivity contribution in [1.29, 1.82) is 0 Å². The van der Waals surface area contributed by atoms with E-state index in [1.165, 1.54) is 11.3 Å². The van der Waals surface area contributed by atoms with Crippen LogP contribution in [0.15, 0.2) is 28.7 Å². The molecule has 0 radical (unpaired) electrons. The molecule has 0 aromatic carbocycles. The fourth-order valence-electron chi connectivity index (χ4n) is 1.46. The number of pyridine rings is 1. The van der Waals surface area contributed by atoms with Gasteiger partial charge in [0.2, 0.25) is 5.13 Å². The first-order valence-corrected chi connectivity index (χ1v) is 6.46. The van der Waals surface area contributed by atoms with Crippen LogP contribution in [0.3, 0.4) is 0 Å². The molecule has 2 aromatic heterocycles. The molecule has 0 saturated heterocycles. The second-order valence-electron chi connectivity index (χ2n) is 3.82. The van der Waals surface area contributed by atoms with E-state index >= 15 is 0 Å². The van der Waals surface area contributed by atoms with Crippen LogP contribution in [0.1, 0.15) is 5.56 Å². The molecule has 7 N–H and O–H groups in total. The van der Waals surface area contributed by atoms with Gasteiger partial charge in [0.25, 0.3) is 0 Å². The van der Waals surface area contributed by atoms with Crippen LogP contribution in [0.2, 0.25) is 0 Å². The monoisotopic (exact) mass is 363 g/mol. The maximum Gasteiger partial charge on any atom is 0.312 e. The number of carbonyl (C=O) groups is 1. The number of primary amides is 1. The summed E-state index contributed by atoms with van der Waals surface area (Å²) in [5.41, 5.74) is 17.8. The number of rotatable bonds is 4. The minimum Gasteiger partial charge on any atom is -0.370 e. The fourth-order valence-corrected chi connectivity index (χ4v) is 2.16. The Bertz CT molecular complexity index is 657. The number of hydrogen-bond acceptors (Lipinski definition) is 5. The lowest BCUT2D eigenvalue weighted by atomic mass is 10.2. The summed E-state index contributed by atoms with van der Waals surface area (Å²) in [6.45, 7) is 0.329. The molecule has 8 nitrogen and oxygen atoms in total. The number of nitrogens with zero attached hydrogens (tertiary/aromatic N) is 3. The summed E-state index contributed by atoms with van der Waals surface area (Å²) >= 11 is 1.31. The fraction of sp³-hybridized carbons (Fsp3) is 0.0909. The molecule has 0 aliphatic carbocycles. The number of amides is 2. The van der Waals surface area contributed by atoms with E-state index in [1.54, 1.807) is 17.6 Å². The number of carbonyl (C=O) groups excluding carboxylic acids is 1. The molecule has 2 rings (SSSR count). The van der Waals surface area contributed by atoms with E-state index in [9.17, 15) is 4.79 Å². The number of aliphatic imine (C=N–C) groups is 1. The van der Waals surface area contributed by atoms with Crippen LogP contribution >= 0.6 is 36.2 Å². The first-order valence-electron chi connectivity index (χ1n) is 5.58. The smallest absolute Gasteiger partial charge is 0.312 e. The van der Waals surface area contributed by atoms with Crippen molar-refractivity contribution < 1.29 is 4.79 Å². The molecule has 0 bridgehead atoms. The summed E-state index contributed by atoms with van der Waals surface area (Å²) in [4.78, 5) is 23.0. The number of nitrogens with one attached hydrogen (secondary N) is 1. The molecule has 0 aliphatic rings. The molecule has 120 valence electrons. The number of hydrogen-bond donors (Lipinski definition) is 4. The van der Waals surface area contributed by atoms with Gasteiger partial charge in [0.1, 0.15) is 5.69 Å². The molecular weight excluding hydrogens is 349 g/mol. The number of urea groups is 1. The molecule has 2 aromatic rings. The van der Waals surface area contributed by atoms with E-state index in [2.05, 4.69) is 20.3 Å². The number of halogens is 2. The Morgan fingerprint density at radius 2 is 2.00 bits per heavy atom. The van der Waals surface area contributed by atoms with Gasteiger partial charge in [0.15, 0.2) is 5.96 Å². The highest BCUT2D eigenvalue weighted by Crippen LogP contribution is 2.25. The van der Waals surface area contributed by atoms with Gasteiger partial charge in [-0.15, -0.1) is 36.2 Å². The number of guanidine groups is 1. The highest BCUT2D eigenvalue weighted by Gasteiger charge is 2.06. The molecule has 0 fully saturated rings. The van der Waals surface area contributed by atoms with Crippen molar-refractivity contribution in [1.82, 2.24) is 15.3 Å². The van der Waals surface area contributed by atoms with Crippen molar-refractivity contribution in [3.63, 3.8) is 0 Å². The molecule has 22 heavy (non-hydrogen) atoms. The topological polar surface area (TPSA) is 145 Å². The molecule has 0 unspecified atom stereocenters. The molecule has 0 atom stereocenters. The van der Waals surface area contributed by atoms with Gasteiger partial charge in [-0.05, 0) is 17.7 Å². The molecule has 2 heterocycles. The van der Waals surface area contributed by atoms with Crippen LogP contribution in [-0.4, -0.2) is 22.0 Å². The largest absolute Gasteiger partial charge is 0.370 e. The summed E-state index contributed by atoms with van der Waals surface area (Å²) in [6, 6.07) is 3.01. The van der Waals surface area contributed by atoms with Crippen molar-refractivity contribution in [2.45, 2.75) is 6.54 Å². The second-order valence-corrected chi connectivity index (χ2v) is 4.66. The van der Waals surface area contributed by atoms with Crippen LogP contribution in [0, 0.1) is 0 Å². The molecule has 0 aliphatic heterocycles. The number of thiazole rings is 1. The molecule has 0 spiro atoms. The summed E-state index contributed by atoms with van der Waals surface area (Å²) < 4.78 is 0. The van der Waals surface area contributed by atoms with E-state index < -0.39 is 6.03 Å². The molecular formula is C11H15Cl2N7OS. The lowest BCUT2D eigenvalue weighted by Crippen LogP contribution is -2.28. The third kappa shape index (κ3) is 5.72. The lowest BCUT2D eigenvalue weighted by Gasteiger charge is -2.03. The highest BCUT2D eigenvalue weighted by atomic mass is 35.5. The van der Waals surface area contributed by atoms with Crippen LogP contribution in [0.4, 0.5) is 9.93 Å². The number of aromatic nitrogens is 2. The zero-order chi connectivity index (χ0) is 14.5. The zero-order valence-electron chi connectivity index (χ0n) is 11.2. The first kappa shape index (κ1) is 19.9. The van der Waals surface area contributed by atoms with E-state index in [0.717, 1.165) is 5.56 Å². The Morgan fingerprint density at radius 3 is 2.64 bits per heavy atom. The third-order valence-corrected chi connectivity index (χ3v) is 3.00. The van der Waals surface area contributed by atoms with E-state index in [4.69, 9.17) is 17.2 Å². The quantitative estimate of drug-likeness (QED) is 0.474. The Morgan fingerprint density at radius 1 is 1.27 bits per heavy atom. The Hall–Kier alpha value is -2.10. The van der Waals surface area contributed by atoms with E-state index in [-0.39, 0.29) is 30.8 Å². The van der Waals surface area contributed by atoms with Crippen LogP contribution < -0.4 is 22.5 Å². The average Bonchev–Trinajstić information content (AvgIpc) is 2.84. The first-order chi connectivity index (χ1) is 9.54. The Balaban J connectivity index is 0.00000220.